The number of amides is 1. The number of rotatable bonds is 4. The second-order valence-corrected chi connectivity index (χ2v) is 6.03. The highest BCUT2D eigenvalue weighted by molar-refractivity contribution is 5.91. The second kappa shape index (κ2) is 7.98. The molecule has 1 saturated heterocycles. The fraction of sp³-hybridized carbons (Fsp3) is 0.471. The van der Waals surface area contributed by atoms with E-state index in [9.17, 15) is 4.79 Å². The summed E-state index contributed by atoms with van der Waals surface area (Å²) in [6.45, 7) is 4.80. The number of hydrogen-bond acceptors (Lipinski definition) is 7. The zero-order valence-electron chi connectivity index (χ0n) is 14.5. The molecule has 0 aromatic carbocycles. The molecule has 0 saturated carbocycles. The van der Waals surface area contributed by atoms with E-state index < -0.39 is 0 Å². The van der Waals surface area contributed by atoms with Crippen molar-refractivity contribution in [3.8, 4) is 0 Å². The molecule has 132 valence electrons. The van der Waals surface area contributed by atoms with Crippen LogP contribution in [0, 0.1) is 12.8 Å². The lowest BCUT2D eigenvalue weighted by Gasteiger charge is -2.24. The van der Waals surface area contributed by atoms with Crippen molar-refractivity contribution in [2.75, 3.05) is 38.3 Å². The van der Waals surface area contributed by atoms with Crippen LogP contribution in [0.4, 0.5) is 5.82 Å². The summed E-state index contributed by atoms with van der Waals surface area (Å²) < 4.78 is 5.75. The molecule has 1 aliphatic heterocycles. The Morgan fingerprint density at radius 3 is 3.08 bits per heavy atom. The Hall–Kier alpha value is -2.61. The molecular formula is C17H22N6O2. The average molecular weight is 342 g/mol. The van der Waals surface area contributed by atoms with E-state index in [4.69, 9.17) is 4.74 Å². The number of aryl methyl sites for hydroxylation is 1. The van der Waals surface area contributed by atoms with Gasteiger partial charge in [-0.25, -0.2) is 19.9 Å². The molecule has 8 heteroatoms. The summed E-state index contributed by atoms with van der Waals surface area (Å²) in [6.07, 6.45) is 3.93. The third-order valence-corrected chi connectivity index (χ3v) is 4.10. The fourth-order valence-corrected chi connectivity index (χ4v) is 2.89. The Morgan fingerprint density at radius 1 is 1.40 bits per heavy atom. The molecule has 1 atom stereocenters. The summed E-state index contributed by atoms with van der Waals surface area (Å²) in [5.74, 6) is 1.71. The maximum atomic E-state index is 11.7. The molecule has 25 heavy (non-hydrogen) atoms. The lowest BCUT2D eigenvalue weighted by molar-refractivity contribution is 0.0957. The minimum absolute atomic E-state index is 0.209. The van der Waals surface area contributed by atoms with E-state index in [-0.39, 0.29) is 11.8 Å². The van der Waals surface area contributed by atoms with Gasteiger partial charge in [0.25, 0.3) is 5.91 Å². The van der Waals surface area contributed by atoms with Gasteiger partial charge in [-0.1, -0.05) is 0 Å². The van der Waals surface area contributed by atoms with Gasteiger partial charge in [-0.15, -0.1) is 0 Å². The smallest absolute Gasteiger partial charge is 0.269 e. The summed E-state index contributed by atoms with van der Waals surface area (Å²) in [6, 6.07) is 3.66. The van der Waals surface area contributed by atoms with Gasteiger partial charge < -0.3 is 15.0 Å². The number of anilines is 1. The number of nitrogens with one attached hydrogen (secondary N) is 1. The summed E-state index contributed by atoms with van der Waals surface area (Å²) in [5.41, 5.74) is 1.22. The lowest BCUT2D eigenvalue weighted by Crippen LogP contribution is -2.32. The molecule has 3 rings (SSSR count). The quantitative estimate of drug-likeness (QED) is 0.871. The number of carbonyl (C=O) groups excluding carboxylic acids is 1. The van der Waals surface area contributed by atoms with Crippen LogP contribution in [0.25, 0.3) is 0 Å². The summed E-state index contributed by atoms with van der Waals surface area (Å²) >= 11 is 0. The molecular weight excluding hydrogens is 320 g/mol. The van der Waals surface area contributed by atoms with Gasteiger partial charge in [-0.05, 0) is 25.5 Å². The first-order valence-corrected chi connectivity index (χ1v) is 8.31. The second-order valence-electron chi connectivity index (χ2n) is 6.03. The Kier molecular flexibility index (Phi) is 5.49. The molecule has 0 radical (unpaired) electrons. The Bertz CT molecular complexity index is 739. The third kappa shape index (κ3) is 4.48. The van der Waals surface area contributed by atoms with Crippen molar-refractivity contribution in [2.24, 2.45) is 5.92 Å². The van der Waals surface area contributed by atoms with Crippen molar-refractivity contribution < 1.29 is 9.53 Å². The van der Waals surface area contributed by atoms with Gasteiger partial charge in [0.05, 0.1) is 13.2 Å². The van der Waals surface area contributed by atoms with Gasteiger partial charge in [-0.2, -0.15) is 0 Å². The van der Waals surface area contributed by atoms with Crippen LogP contribution in [0.1, 0.15) is 22.0 Å². The highest BCUT2D eigenvalue weighted by Crippen LogP contribution is 2.18. The largest absolute Gasteiger partial charge is 0.379 e. The highest BCUT2D eigenvalue weighted by Gasteiger charge is 2.21. The minimum atomic E-state index is -0.209. The van der Waals surface area contributed by atoms with Crippen LogP contribution >= 0.6 is 0 Å². The molecule has 2 aromatic heterocycles. The van der Waals surface area contributed by atoms with Gasteiger partial charge in [0.1, 0.15) is 23.7 Å². The first kappa shape index (κ1) is 17.2. The van der Waals surface area contributed by atoms with Crippen LogP contribution < -0.4 is 10.2 Å². The average Bonchev–Trinajstić information content (AvgIpc) is 2.87. The molecule has 2 aromatic rings. The van der Waals surface area contributed by atoms with Crippen LogP contribution in [0.15, 0.2) is 24.7 Å². The third-order valence-electron chi connectivity index (χ3n) is 4.10. The molecule has 1 fully saturated rings. The van der Waals surface area contributed by atoms with E-state index in [2.05, 4.69) is 30.2 Å². The molecule has 0 bridgehead atoms. The fourth-order valence-electron chi connectivity index (χ4n) is 2.89. The van der Waals surface area contributed by atoms with E-state index in [0.717, 1.165) is 30.4 Å². The Morgan fingerprint density at radius 2 is 2.28 bits per heavy atom. The molecule has 8 nitrogen and oxygen atoms in total. The first-order chi connectivity index (χ1) is 12.2. The molecule has 0 aliphatic carbocycles. The first-order valence-electron chi connectivity index (χ1n) is 8.31. The van der Waals surface area contributed by atoms with Crippen molar-refractivity contribution in [3.05, 3.63) is 41.9 Å². The van der Waals surface area contributed by atoms with Crippen LogP contribution in [-0.2, 0) is 11.2 Å². The van der Waals surface area contributed by atoms with Gasteiger partial charge >= 0.3 is 0 Å². The van der Waals surface area contributed by atoms with Gasteiger partial charge in [0, 0.05) is 37.9 Å². The lowest BCUT2D eigenvalue weighted by atomic mass is 10.0. The summed E-state index contributed by atoms with van der Waals surface area (Å²) in [7, 11) is 1.59. The van der Waals surface area contributed by atoms with E-state index in [1.165, 1.54) is 6.33 Å². The van der Waals surface area contributed by atoms with Gasteiger partial charge in [0.15, 0.2) is 0 Å². The maximum Gasteiger partial charge on any atom is 0.269 e. The van der Waals surface area contributed by atoms with Crippen molar-refractivity contribution in [1.29, 1.82) is 0 Å². The SMILES string of the molecule is CNC(=O)c1cc(C[C@@H]2COCCN(c3ccnc(C)n3)C2)ncn1. The van der Waals surface area contributed by atoms with Crippen molar-refractivity contribution >= 4 is 11.7 Å². The van der Waals surface area contributed by atoms with Crippen molar-refractivity contribution in [1.82, 2.24) is 25.3 Å². The van der Waals surface area contributed by atoms with Crippen molar-refractivity contribution in [2.45, 2.75) is 13.3 Å². The summed E-state index contributed by atoms with van der Waals surface area (Å²) in [5, 5.41) is 2.58. The van der Waals surface area contributed by atoms with E-state index >= 15 is 0 Å². The van der Waals surface area contributed by atoms with Gasteiger partial charge in [0.2, 0.25) is 0 Å². The predicted octanol–water partition coefficient (Wildman–Crippen LogP) is 0.630. The number of aromatic nitrogens is 4. The molecule has 0 unspecified atom stereocenters. The molecule has 1 amide bonds. The topological polar surface area (TPSA) is 93.1 Å². The Labute approximate surface area is 146 Å². The molecule has 1 aliphatic rings. The van der Waals surface area contributed by atoms with Crippen LogP contribution in [-0.4, -0.2) is 59.2 Å². The zero-order valence-corrected chi connectivity index (χ0v) is 14.5. The van der Waals surface area contributed by atoms with Crippen LogP contribution in [0.3, 0.4) is 0 Å². The zero-order chi connectivity index (χ0) is 17.6. The maximum absolute atomic E-state index is 11.7. The normalized spacial score (nSPS) is 17.8. The van der Waals surface area contributed by atoms with Crippen LogP contribution in [0.5, 0.6) is 0 Å². The van der Waals surface area contributed by atoms with Gasteiger partial charge in [-0.3, -0.25) is 4.79 Å². The monoisotopic (exact) mass is 342 g/mol. The van der Waals surface area contributed by atoms with E-state index in [1.54, 1.807) is 19.3 Å². The Balaban J connectivity index is 1.72. The van der Waals surface area contributed by atoms with Crippen LogP contribution in [0.2, 0.25) is 0 Å². The highest BCUT2D eigenvalue weighted by atomic mass is 16.5. The standard InChI is InChI=1S/C17H22N6O2/c1-12-19-4-3-16(22-12)23-5-6-25-10-13(9-23)7-14-8-15(17(24)18-2)21-11-20-14/h3-4,8,11,13H,5-7,9-10H2,1-2H3,(H,18,24)/t13-/m0/s1. The summed E-state index contributed by atoms with van der Waals surface area (Å²) in [4.78, 5) is 30.9. The number of carbonyl (C=O) groups is 1. The number of ether oxygens (including phenoxy) is 1. The number of hydrogen-bond donors (Lipinski definition) is 1. The van der Waals surface area contributed by atoms with E-state index in [0.29, 0.717) is 25.3 Å². The number of nitrogens with zero attached hydrogens (tertiary/aromatic N) is 5. The molecule has 0 spiro atoms. The minimum Gasteiger partial charge on any atom is -0.379 e. The van der Waals surface area contributed by atoms with E-state index in [1.807, 2.05) is 13.0 Å². The van der Waals surface area contributed by atoms with Crippen molar-refractivity contribution in [3.63, 3.8) is 0 Å². The molecule has 1 N–H and O–H groups in total. The predicted molar refractivity (Wildman–Crippen MR) is 92.4 cm³/mol. The molecule has 3 heterocycles.